The summed E-state index contributed by atoms with van der Waals surface area (Å²) >= 11 is 12.0. The monoisotopic (exact) mass is 410 g/mol. The third-order valence-corrected chi connectivity index (χ3v) is 4.24. The van der Waals surface area contributed by atoms with Crippen molar-refractivity contribution in [2.45, 2.75) is 19.4 Å². The van der Waals surface area contributed by atoms with Crippen LogP contribution in [0.25, 0.3) is 0 Å². The first-order valence-corrected chi connectivity index (χ1v) is 8.74. The molecule has 0 aliphatic heterocycles. The predicted octanol–water partition coefficient (Wildman–Crippen LogP) is 4.33. The molecule has 0 saturated carbocycles. The quantitative estimate of drug-likeness (QED) is 0.416. The predicted molar refractivity (Wildman–Crippen MR) is 101 cm³/mol. The first kappa shape index (κ1) is 20.7. The Morgan fingerprint density at radius 3 is 2.56 bits per heavy atom. The third kappa shape index (κ3) is 5.42. The molecule has 0 aliphatic rings. The van der Waals surface area contributed by atoms with E-state index in [0.717, 1.165) is 6.07 Å². The molecule has 9 heteroatoms. The Hall–Kier alpha value is -2.64. The minimum atomic E-state index is -0.819. The van der Waals surface area contributed by atoms with Crippen LogP contribution < -0.4 is 5.32 Å². The smallest absolute Gasteiger partial charge is 0.308 e. The van der Waals surface area contributed by atoms with Gasteiger partial charge in [-0.05, 0) is 30.7 Å². The van der Waals surface area contributed by atoms with Crippen LogP contribution in [0.4, 0.5) is 5.69 Å². The molecule has 0 saturated heterocycles. The van der Waals surface area contributed by atoms with Crippen LogP contribution in [0.1, 0.15) is 35.3 Å². The fourth-order valence-electron chi connectivity index (χ4n) is 2.47. The Morgan fingerprint density at radius 2 is 1.93 bits per heavy atom. The SMILES string of the molecule is CCOC(=O)C[C@@H](NC(=O)c1ccc(Cl)cc1[N+](=O)[O-])c1ccccc1Cl. The molecular weight excluding hydrogens is 395 g/mol. The molecule has 0 heterocycles. The van der Waals surface area contributed by atoms with E-state index in [1.807, 2.05) is 0 Å². The summed E-state index contributed by atoms with van der Waals surface area (Å²) in [6.07, 6.45) is -0.176. The third-order valence-electron chi connectivity index (χ3n) is 3.66. The normalized spacial score (nSPS) is 11.5. The second-order valence-electron chi connectivity index (χ2n) is 5.48. The largest absolute Gasteiger partial charge is 0.466 e. The molecule has 0 aromatic heterocycles. The van der Waals surface area contributed by atoms with Gasteiger partial charge in [-0.15, -0.1) is 0 Å². The summed E-state index contributed by atoms with van der Waals surface area (Å²) in [4.78, 5) is 35.1. The molecule has 0 fully saturated rings. The van der Waals surface area contributed by atoms with Gasteiger partial charge in [0.05, 0.1) is 24.0 Å². The van der Waals surface area contributed by atoms with Crippen molar-refractivity contribution in [2.75, 3.05) is 6.61 Å². The van der Waals surface area contributed by atoms with Crippen molar-refractivity contribution in [3.05, 3.63) is 73.8 Å². The van der Waals surface area contributed by atoms with Crippen molar-refractivity contribution in [1.82, 2.24) is 5.32 Å². The number of rotatable bonds is 7. The molecule has 0 spiro atoms. The summed E-state index contributed by atoms with van der Waals surface area (Å²) in [6, 6.07) is 9.58. The average Bonchev–Trinajstić information content (AvgIpc) is 2.61. The lowest BCUT2D eigenvalue weighted by Crippen LogP contribution is -2.31. The number of amides is 1. The van der Waals surface area contributed by atoms with Crippen LogP contribution in [0, 0.1) is 10.1 Å². The Labute approximate surface area is 165 Å². The molecule has 0 unspecified atom stereocenters. The van der Waals surface area contributed by atoms with Gasteiger partial charge in [0.25, 0.3) is 11.6 Å². The number of nitro benzene ring substituents is 1. The average molecular weight is 411 g/mol. The Morgan fingerprint density at radius 1 is 1.22 bits per heavy atom. The van der Waals surface area contributed by atoms with E-state index in [9.17, 15) is 19.7 Å². The van der Waals surface area contributed by atoms with Crippen LogP contribution in [0.15, 0.2) is 42.5 Å². The van der Waals surface area contributed by atoms with Gasteiger partial charge < -0.3 is 10.1 Å². The molecule has 2 aromatic rings. The van der Waals surface area contributed by atoms with Gasteiger partial charge in [-0.25, -0.2) is 0 Å². The molecule has 0 radical (unpaired) electrons. The zero-order valence-corrected chi connectivity index (χ0v) is 15.8. The lowest BCUT2D eigenvalue weighted by Gasteiger charge is -2.19. The molecule has 142 valence electrons. The molecule has 1 amide bonds. The van der Waals surface area contributed by atoms with E-state index < -0.39 is 28.5 Å². The standard InChI is InChI=1S/C18H16Cl2N2O5/c1-2-27-17(23)10-15(12-5-3-4-6-14(12)20)21-18(24)13-8-7-11(19)9-16(13)22(25)26/h3-9,15H,2,10H2,1H3,(H,21,24)/t15-/m1/s1. The van der Waals surface area contributed by atoms with E-state index in [1.165, 1.54) is 12.1 Å². The Kier molecular flexibility index (Phi) is 7.15. The van der Waals surface area contributed by atoms with Crippen molar-refractivity contribution in [3.63, 3.8) is 0 Å². The highest BCUT2D eigenvalue weighted by molar-refractivity contribution is 6.31. The van der Waals surface area contributed by atoms with Gasteiger partial charge in [-0.2, -0.15) is 0 Å². The number of carbonyl (C=O) groups excluding carboxylic acids is 2. The summed E-state index contributed by atoms with van der Waals surface area (Å²) in [5.74, 6) is -1.26. The molecule has 1 atom stereocenters. The van der Waals surface area contributed by atoms with Crippen molar-refractivity contribution >= 4 is 40.8 Å². The molecule has 2 rings (SSSR count). The molecule has 0 bridgehead atoms. The number of ether oxygens (including phenoxy) is 1. The number of nitrogens with zero attached hydrogens (tertiary/aromatic N) is 1. The number of nitro groups is 1. The van der Waals surface area contributed by atoms with Gasteiger partial charge in [0.2, 0.25) is 0 Å². The topological polar surface area (TPSA) is 98.5 Å². The number of benzene rings is 2. The van der Waals surface area contributed by atoms with Crippen molar-refractivity contribution in [2.24, 2.45) is 0 Å². The van der Waals surface area contributed by atoms with E-state index in [4.69, 9.17) is 27.9 Å². The van der Waals surface area contributed by atoms with Gasteiger partial charge in [-0.3, -0.25) is 19.7 Å². The molecular formula is C18H16Cl2N2O5. The molecule has 27 heavy (non-hydrogen) atoms. The number of nitrogens with one attached hydrogen (secondary N) is 1. The van der Waals surface area contributed by atoms with Gasteiger partial charge in [0.1, 0.15) is 5.56 Å². The van der Waals surface area contributed by atoms with Crippen LogP contribution in [-0.4, -0.2) is 23.4 Å². The number of halogens is 2. The van der Waals surface area contributed by atoms with E-state index >= 15 is 0 Å². The van der Waals surface area contributed by atoms with Crippen LogP contribution in [0.2, 0.25) is 10.0 Å². The second-order valence-corrected chi connectivity index (χ2v) is 6.32. The highest BCUT2D eigenvalue weighted by atomic mass is 35.5. The summed E-state index contributed by atoms with van der Waals surface area (Å²) in [7, 11) is 0. The Balaban J connectivity index is 2.35. The summed E-state index contributed by atoms with van der Waals surface area (Å²) in [6.45, 7) is 1.85. The van der Waals surface area contributed by atoms with Crippen LogP contribution >= 0.6 is 23.2 Å². The van der Waals surface area contributed by atoms with E-state index in [2.05, 4.69) is 5.32 Å². The number of carbonyl (C=O) groups is 2. The van der Waals surface area contributed by atoms with Crippen molar-refractivity contribution < 1.29 is 19.2 Å². The van der Waals surface area contributed by atoms with Crippen LogP contribution in [0.3, 0.4) is 0 Å². The highest BCUT2D eigenvalue weighted by Crippen LogP contribution is 2.28. The lowest BCUT2D eigenvalue weighted by molar-refractivity contribution is -0.385. The molecule has 1 N–H and O–H groups in total. The fourth-order valence-corrected chi connectivity index (χ4v) is 2.90. The number of hydrogen-bond donors (Lipinski definition) is 1. The van der Waals surface area contributed by atoms with Gasteiger partial charge in [-0.1, -0.05) is 41.4 Å². The zero-order chi connectivity index (χ0) is 20.0. The fraction of sp³-hybridized carbons (Fsp3) is 0.222. The maximum absolute atomic E-state index is 12.7. The number of esters is 1. The summed E-state index contributed by atoms with van der Waals surface area (Å²) < 4.78 is 4.94. The van der Waals surface area contributed by atoms with Gasteiger partial charge in [0.15, 0.2) is 0 Å². The van der Waals surface area contributed by atoms with Crippen molar-refractivity contribution in [1.29, 1.82) is 0 Å². The molecule has 2 aromatic carbocycles. The van der Waals surface area contributed by atoms with Crippen molar-refractivity contribution in [3.8, 4) is 0 Å². The van der Waals surface area contributed by atoms with E-state index in [1.54, 1.807) is 31.2 Å². The lowest BCUT2D eigenvalue weighted by atomic mass is 10.0. The first-order valence-electron chi connectivity index (χ1n) is 7.98. The minimum Gasteiger partial charge on any atom is -0.466 e. The molecule has 7 nitrogen and oxygen atoms in total. The first-order chi connectivity index (χ1) is 12.8. The molecule has 0 aliphatic carbocycles. The summed E-state index contributed by atoms with van der Waals surface area (Å²) in [5, 5.41) is 14.3. The highest BCUT2D eigenvalue weighted by Gasteiger charge is 2.26. The van der Waals surface area contributed by atoms with E-state index in [0.29, 0.717) is 10.6 Å². The Bertz CT molecular complexity index is 873. The maximum Gasteiger partial charge on any atom is 0.308 e. The van der Waals surface area contributed by atoms with Crippen LogP contribution in [-0.2, 0) is 9.53 Å². The second kappa shape index (κ2) is 9.34. The zero-order valence-electron chi connectivity index (χ0n) is 14.3. The number of hydrogen-bond acceptors (Lipinski definition) is 5. The van der Waals surface area contributed by atoms with Gasteiger partial charge in [0, 0.05) is 16.1 Å². The van der Waals surface area contributed by atoms with Gasteiger partial charge >= 0.3 is 5.97 Å². The summed E-state index contributed by atoms with van der Waals surface area (Å²) in [5.41, 5.74) is -0.114. The minimum absolute atomic E-state index is 0.132. The van der Waals surface area contributed by atoms with Crippen LogP contribution in [0.5, 0.6) is 0 Å². The maximum atomic E-state index is 12.7. The van der Waals surface area contributed by atoms with E-state index in [-0.39, 0.29) is 23.6 Å².